The molecule has 0 aliphatic carbocycles. The number of allylic oxidation sites excluding steroid dienone is 1. The van der Waals surface area contributed by atoms with Crippen LogP contribution in [0.15, 0.2) is 47.0 Å². The number of nitrogens with one attached hydrogen (secondary N) is 1. The van der Waals surface area contributed by atoms with Crippen LogP contribution in [0, 0.1) is 6.92 Å². The monoisotopic (exact) mass is 381 g/mol. The Labute approximate surface area is 150 Å². The number of carbonyl (C=O) groups is 1. The Balaban J connectivity index is 2.10. The van der Waals surface area contributed by atoms with E-state index in [9.17, 15) is 13.2 Å². The first-order chi connectivity index (χ1) is 11.7. The van der Waals surface area contributed by atoms with Crippen LogP contribution in [-0.4, -0.2) is 34.3 Å². The van der Waals surface area contributed by atoms with Crippen LogP contribution in [-0.2, 0) is 21.4 Å². The molecule has 25 heavy (non-hydrogen) atoms. The Bertz CT molecular complexity index is 892. The molecular weight excluding hydrogens is 362 g/mol. The lowest BCUT2D eigenvalue weighted by Gasteiger charge is -2.13. The topological polar surface area (TPSA) is 120 Å². The molecule has 1 heterocycles. The van der Waals surface area contributed by atoms with Crippen molar-refractivity contribution in [2.45, 2.75) is 35.7 Å². The number of nitrogens with two attached hydrogens (primary N) is 1. The first-order valence-corrected chi connectivity index (χ1v) is 9.76. The van der Waals surface area contributed by atoms with E-state index in [1.807, 2.05) is 11.5 Å². The fourth-order valence-corrected chi connectivity index (χ4v) is 3.46. The minimum atomic E-state index is -3.83. The molecule has 1 amide bonds. The van der Waals surface area contributed by atoms with Gasteiger partial charge in [0.1, 0.15) is 5.82 Å². The Kier molecular flexibility index (Phi) is 5.98. The molecule has 0 unspecified atom stereocenters. The van der Waals surface area contributed by atoms with Crippen molar-refractivity contribution >= 4 is 33.4 Å². The molecule has 0 aliphatic heterocycles. The highest BCUT2D eigenvalue weighted by atomic mass is 32.2. The first kappa shape index (κ1) is 19.2. The minimum Gasteiger partial charge on any atom is -0.325 e. The largest absolute Gasteiger partial charge is 0.325 e. The zero-order chi connectivity index (χ0) is 18.6. The fourth-order valence-electron chi connectivity index (χ4n) is 1.99. The summed E-state index contributed by atoms with van der Waals surface area (Å²) in [6, 6.07) is 5.78. The maximum absolute atomic E-state index is 12.4. The van der Waals surface area contributed by atoms with Crippen molar-refractivity contribution in [2.24, 2.45) is 5.14 Å². The molecule has 0 aliphatic rings. The summed E-state index contributed by atoms with van der Waals surface area (Å²) in [5, 5.41) is 16.0. The van der Waals surface area contributed by atoms with E-state index in [2.05, 4.69) is 22.1 Å². The zero-order valence-electron chi connectivity index (χ0n) is 13.8. The van der Waals surface area contributed by atoms with Crippen LogP contribution >= 0.6 is 11.8 Å². The Morgan fingerprint density at radius 2 is 2.20 bits per heavy atom. The Morgan fingerprint density at radius 3 is 2.84 bits per heavy atom. The van der Waals surface area contributed by atoms with Crippen molar-refractivity contribution < 1.29 is 13.2 Å². The number of rotatable bonds is 7. The quantitative estimate of drug-likeness (QED) is 0.554. The van der Waals surface area contributed by atoms with Crippen LogP contribution < -0.4 is 10.5 Å². The van der Waals surface area contributed by atoms with E-state index in [0.29, 0.717) is 17.4 Å². The van der Waals surface area contributed by atoms with Crippen LogP contribution in [0.4, 0.5) is 5.69 Å². The van der Waals surface area contributed by atoms with Crippen LogP contribution in [0.1, 0.15) is 12.7 Å². The van der Waals surface area contributed by atoms with Gasteiger partial charge in [-0.1, -0.05) is 23.9 Å². The molecule has 10 heteroatoms. The van der Waals surface area contributed by atoms with Crippen LogP contribution in [0.5, 0.6) is 0 Å². The van der Waals surface area contributed by atoms with Gasteiger partial charge in [-0.2, -0.15) is 0 Å². The fraction of sp³-hybridized carbons (Fsp3) is 0.267. The van der Waals surface area contributed by atoms with E-state index in [1.165, 1.54) is 30.0 Å². The standard InChI is InChI=1S/C15H19N5O3S2/c1-4-8-20-11(3)18-19-15(20)24-10(2)14(21)17-12-6-5-7-13(9-12)25(16,22)23/h4-7,9-10H,1,8H2,2-3H3,(H,17,21)(H2,16,22,23)/t10-/m1/s1. The second-order valence-corrected chi connectivity index (χ2v) is 8.12. The molecular formula is C15H19N5O3S2. The molecule has 3 N–H and O–H groups in total. The van der Waals surface area contributed by atoms with Gasteiger partial charge in [-0.25, -0.2) is 13.6 Å². The SMILES string of the molecule is C=CCn1c(C)nnc1S[C@H](C)C(=O)Nc1cccc(S(N)(=O)=O)c1. The van der Waals surface area contributed by atoms with Crippen molar-refractivity contribution in [3.8, 4) is 0 Å². The average Bonchev–Trinajstić information content (AvgIpc) is 2.88. The Hall–Kier alpha value is -2.17. The summed E-state index contributed by atoms with van der Waals surface area (Å²) < 4.78 is 24.6. The molecule has 1 aromatic heterocycles. The lowest BCUT2D eigenvalue weighted by Crippen LogP contribution is -2.23. The predicted molar refractivity (Wildman–Crippen MR) is 96.7 cm³/mol. The van der Waals surface area contributed by atoms with Crippen LogP contribution in [0.2, 0.25) is 0 Å². The summed E-state index contributed by atoms with van der Waals surface area (Å²) in [6.07, 6.45) is 1.73. The van der Waals surface area contributed by atoms with E-state index in [-0.39, 0.29) is 10.8 Å². The number of anilines is 1. The molecule has 0 spiro atoms. The summed E-state index contributed by atoms with van der Waals surface area (Å²) in [7, 11) is -3.83. The van der Waals surface area contributed by atoms with Gasteiger partial charge in [0.05, 0.1) is 10.1 Å². The third kappa shape index (κ3) is 4.91. The Morgan fingerprint density at radius 1 is 1.48 bits per heavy atom. The smallest absolute Gasteiger partial charge is 0.238 e. The molecule has 134 valence electrons. The molecule has 0 fully saturated rings. The van der Waals surface area contributed by atoms with E-state index in [1.54, 1.807) is 19.1 Å². The molecule has 2 rings (SSSR count). The third-order valence-corrected chi connectivity index (χ3v) is 5.29. The molecule has 2 aromatic rings. The van der Waals surface area contributed by atoms with Gasteiger partial charge < -0.3 is 9.88 Å². The van der Waals surface area contributed by atoms with Crippen molar-refractivity contribution in [3.63, 3.8) is 0 Å². The van der Waals surface area contributed by atoms with E-state index in [4.69, 9.17) is 5.14 Å². The molecule has 1 aromatic carbocycles. The molecule has 8 nitrogen and oxygen atoms in total. The van der Waals surface area contributed by atoms with Gasteiger partial charge in [0.2, 0.25) is 15.9 Å². The van der Waals surface area contributed by atoms with Gasteiger partial charge in [-0.3, -0.25) is 4.79 Å². The van der Waals surface area contributed by atoms with Crippen LogP contribution in [0.3, 0.4) is 0 Å². The number of benzene rings is 1. The van der Waals surface area contributed by atoms with Crippen molar-refractivity contribution in [1.29, 1.82) is 0 Å². The van der Waals surface area contributed by atoms with Crippen molar-refractivity contribution in [1.82, 2.24) is 14.8 Å². The van der Waals surface area contributed by atoms with E-state index in [0.717, 1.165) is 5.82 Å². The number of aromatic nitrogens is 3. The summed E-state index contributed by atoms with van der Waals surface area (Å²) in [5.41, 5.74) is 0.354. The molecule has 0 saturated heterocycles. The third-order valence-electron chi connectivity index (χ3n) is 3.29. The van der Waals surface area contributed by atoms with Crippen molar-refractivity contribution in [3.05, 3.63) is 42.7 Å². The van der Waals surface area contributed by atoms with Gasteiger partial charge in [0.25, 0.3) is 0 Å². The first-order valence-electron chi connectivity index (χ1n) is 7.33. The zero-order valence-corrected chi connectivity index (χ0v) is 15.5. The number of amides is 1. The lowest BCUT2D eigenvalue weighted by atomic mass is 10.3. The maximum Gasteiger partial charge on any atom is 0.238 e. The summed E-state index contributed by atoms with van der Waals surface area (Å²) in [4.78, 5) is 12.3. The van der Waals surface area contributed by atoms with Crippen LogP contribution in [0.25, 0.3) is 0 Å². The minimum absolute atomic E-state index is 0.0630. The highest BCUT2D eigenvalue weighted by Gasteiger charge is 2.19. The highest BCUT2D eigenvalue weighted by Crippen LogP contribution is 2.24. The number of nitrogens with zero attached hydrogens (tertiary/aromatic N) is 3. The van der Waals surface area contributed by atoms with Crippen molar-refractivity contribution in [2.75, 3.05) is 5.32 Å². The second kappa shape index (κ2) is 7.81. The average molecular weight is 381 g/mol. The van der Waals surface area contributed by atoms with Gasteiger partial charge in [-0.15, -0.1) is 16.8 Å². The highest BCUT2D eigenvalue weighted by molar-refractivity contribution is 8.00. The van der Waals surface area contributed by atoms with Gasteiger partial charge in [0, 0.05) is 12.2 Å². The molecule has 0 saturated carbocycles. The molecule has 1 atom stereocenters. The number of thioether (sulfide) groups is 1. The number of aryl methyl sites for hydroxylation is 1. The van der Waals surface area contributed by atoms with Gasteiger partial charge in [-0.05, 0) is 32.0 Å². The summed E-state index contributed by atoms with van der Waals surface area (Å²) in [5.74, 6) is 0.443. The number of primary sulfonamides is 1. The number of sulfonamides is 1. The summed E-state index contributed by atoms with van der Waals surface area (Å²) >= 11 is 1.25. The second-order valence-electron chi connectivity index (χ2n) is 5.25. The van der Waals surface area contributed by atoms with E-state index >= 15 is 0 Å². The number of hydrogen-bond donors (Lipinski definition) is 2. The van der Waals surface area contributed by atoms with Gasteiger partial charge >= 0.3 is 0 Å². The lowest BCUT2D eigenvalue weighted by molar-refractivity contribution is -0.115. The molecule has 0 bridgehead atoms. The maximum atomic E-state index is 12.4. The predicted octanol–water partition coefficient (Wildman–Crippen LogP) is 1.54. The normalized spacial score (nSPS) is 12.6. The van der Waals surface area contributed by atoms with E-state index < -0.39 is 15.3 Å². The number of carbonyl (C=O) groups excluding carboxylic acids is 1. The summed E-state index contributed by atoms with van der Waals surface area (Å²) in [6.45, 7) is 7.79. The van der Waals surface area contributed by atoms with Gasteiger partial charge in [0.15, 0.2) is 5.16 Å². The number of hydrogen-bond acceptors (Lipinski definition) is 6. The molecule has 0 radical (unpaired) electrons.